The molecular formula is C22H31N5O2. The molecule has 7 heteroatoms. The first-order valence-corrected chi connectivity index (χ1v) is 9.95. The highest BCUT2D eigenvalue weighted by Gasteiger charge is 2.16. The molecule has 3 rings (SSSR count). The van der Waals surface area contributed by atoms with Gasteiger partial charge in [0.15, 0.2) is 5.96 Å². The number of rotatable bonds is 8. The van der Waals surface area contributed by atoms with Gasteiger partial charge >= 0.3 is 0 Å². The van der Waals surface area contributed by atoms with Crippen LogP contribution in [-0.2, 0) is 6.54 Å². The molecule has 0 bridgehead atoms. The van der Waals surface area contributed by atoms with E-state index in [-0.39, 0.29) is 0 Å². The van der Waals surface area contributed by atoms with Gasteiger partial charge in [0.2, 0.25) is 0 Å². The summed E-state index contributed by atoms with van der Waals surface area (Å²) in [6.45, 7) is 6.84. The zero-order valence-electron chi connectivity index (χ0n) is 17.3. The topological polar surface area (TPSA) is 75.3 Å². The number of aliphatic imine (C=N–C) groups is 1. The molecule has 0 unspecified atom stereocenters. The van der Waals surface area contributed by atoms with E-state index >= 15 is 0 Å². The maximum absolute atomic E-state index is 6.06. The molecule has 1 aliphatic rings. The fraction of sp³-hybridized carbons (Fsp3) is 0.409. The Kier molecular flexibility index (Phi) is 7.72. The summed E-state index contributed by atoms with van der Waals surface area (Å²) in [5.41, 5.74) is 8.17. The number of hydrogen-bond donors (Lipinski definition) is 2. The molecule has 0 atom stereocenters. The Morgan fingerprint density at radius 1 is 1.00 bits per heavy atom. The first kappa shape index (κ1) is 21.0. The van der Waals surface area contributed by atoms with E-state index in [1.165, 1.54) is 5.56 Å². The summed E-state index contributed by atoms with van der Waals surface area (Å²) < 4.78 is 10.6. The SMILES string of the molecule is COc1ccc(OC)c(NC(N)=NCCN2CCN(Cc3ccccc3)CC2)c1. The van der Waals surface area contributed by atoms with E-state index in [0.717, 1.165) is 50.7 Å². The third-order valence-corrected chi connectivity index (χ3v) is 5.08. The minimum absolute atomic E-state index is 0.374. The Balaban J connectivity index is 1.42. The van der Waals surface area contributed by atoms with Crippen LogP contribution in [-0.4, -0.2) is 69.2 Å². The predicted molar refractivity (Wildman–Crippen MR) is 118 cm³/mol. The first-order chi connectivity index (χ1) is 14.2. The highest BCUT2D eigenvalue weighted by molar-refractivity contribution is 5.94. The molecule has 0 aromatic heterocycles. The quantitative estimate of drug-likeness (QED) is 0.526. The Morgan fingerprint density at radius 2 is 1.72 bits per heavy atom. The van der Waals surface area contributed by atoms with E-state index in [4.69, 9.17) is 15.2 Å². The van der Waals surface area contributed by atoms with E-state index in [1.54, 1.807) is 14.2 Å². The molecule has 1 fully saturated rings. The van der Waals surface area contributed by atoms with Crippen molar-refractivity contribution in [2.45, 2.75) is 6.54 Å². The summed E-state index contributed by atoms with van der Waals surface area (Å²) >= 11 is 0. The summed E-state index contributed by atoms with van der Waals surface area (Å²) in [4.78, 5) is 9.40. The van der Waals surface area contributed by atoms with Crippen LogP contribution in [0.2, 0.25) is 0 Å². The molecule has 0 aliphatic carbocycles. The first-order valence-electron chi connectivity index (χ1n) is 9.95. The van der Waals surface area contributed by atoms with Crippen LogP contribution in [0.3, 0.4) is 0 Å². The molecule has 0 amide bonds. The van der Waals surface area contributed by atoms with Crippen molar-refractivity contribution < 1.29 is 9.47 Å². The summed E-state index contributed by atoms with van der Waals surface area (Å²) in [7, 11) is 3.25. The summed E-state index contributed by atoms with van der Waals surface area (Å²) in [6.07, 6.45) is 0. The lowest BCUT2D eigenvalue weighted by Crippen LogP contribution is -2.46. The van der Waals surface area contributed by atoms with Crippen molar-refractivity contribution >= 4 is 11.6 Å². The maximum Gasteiger partial charge on any atom is 0.193 e. The molecule has 3 N–H and O–H groups in total. The average Bonchev–Trinajstić information content (AvgIpc) is 2.75. The smallest absolute Gasteiger partial charge is 0.193 e. The van der Waals surface area contributed by atoms with Gasteiger partial charge in [0.1, 0.15) is 11.5 Å². The van der Waals surface area contributed by atoms with Crippen LogP contribution < -0.4 is 20.5 Å². The number of nitrogens with two attached hydrogens (primary N) is 1. The van der Waals surface area contributed by atoms with Gasteiger partial charge in [-0.05, 0) is 17.7 Å². The largest absolute Gasteiger partial charge is 0.497 e. The standard InChI is InChI=1S/C22H31N5O2/c1-28-19-8-9-21(29-2)20(16-19)25-22(23)24-10-11-26-12-14-27(15-13-26)17-18-6-4-3-5-7-18/h3-9,16H,10-15,17H2,1-2H3,(H3,23,24,25). The number of piperazine rings is 1. The predicted octanol–water partition coefficient (Wildman–Crippen LogP) is 2.25. The second-order valence-electron chi connectivity index (χ2n) is 7.06. The van der Waals surface area contributed by atoms with Gasteiger partial charge in [-0.3, -0.25) is 14.8 Å². The number of ether oxygens (including phenoxy) is 2. The number of methoxy groups -OCH3 is 2. The monoisotopic (exact) mass is 397 g/mol. The molecule has 156 valence electrons. The molecular weight excluding hydrogens is 366 g/mol. The highest BCUT2D eigenvalue weighted by Crippen LogP contribution is 2.28. The molecule has 0 spiro atoms. The molecule has 1 heterocycles. The zero-order valence-corrected chi connectivity index (χ0v) is 17.3. The van der Waals surface area contributed by atoms with Crippen LogP contribution in [0.5, 0.6) is 11.5 Å². The number of benzene rings is 2. The third-order valence-electron chi connectivity index (χ3n) is 5.08. The molecule has 0 radical (unpaired) electrons. The van der Waals surface area contributed by atoms with Crippen LogP contribution in [0.15, 0.2) is 53.5 Å². The molecule has 29 heavy (non-hydrogen) atoms. The van der Waals surface area contributed by atoms with Crippen molar-refractivity contribution in [3.63, 3.8) is 0 Å². The van der Waals surface area contributed by atoms with Crippen LogP contribution in [0.25, 0.3) is 0 Å². The minimum Gasteiger partial charge on any atom is -0.497 e. The number of anilines is 1. The van der Waals surface area contributed by atoms with Gasteiger partial charge in [-0.2, -0.15) is 0 Å². The van der Waals surface area contributed by atoms with E-state index in [2.05, 4.69) is 50.4 Å². The second kappa shape index (κ2) is 10.7. The molecule has 0 saturated carbocycles. The zero-order chi connectivity index (χ0) is 20.5. The molecule has 2 aromatic rings. The lowest BCUT2D eigenvalue weighted by molar-refractivity contribution is 0.130. The fourth-order valence-electron chi connectivity index (χ4n) is 3.41. The van der Waals surface area contributed by atoms with Gasteiger partial charge in [-0.1, -0.05) is 30.3 Å². The van der Waals surface area contributed by atoms with E-state index in [9.17, 15) is 0 Å². The Hall–Kier alpha value is -2.77. The van der Waals surface area contributed by atoms with Gasteiger partial charge in [0.05, 0.1) is 26.5 Å². The lowest BCUT2D eigenvalue weighted by Gasteiger charge is -2.34. The van der Waals surface area contributed by atoms with Gasteiger partial charge < -0.3 is 20.5 Å². The maximum atomic E-state index is 6.06. The average molecular weight is 398 g/mol. The van der Waals surface area contributed by atoms with Crippen LogP contribution in [0.1, 0.15) is 5.56 Å². The van der Waals surface area contributed by atoms with Crippen LogP contribution >= 0.6 is 0 Å². The van der Waals surface area contributed by atoms with Gasteiger partial charge in [0, 0.05) is 45.3 Å². The summed E-state index contributed by atoms with van der Waals surface area (Å²) in [6, 6.07) is 16.2. The lowest BCUT2D eigenvalue weighted by atomic mass is 10.2. The van der Waals surface area contributed by atoms with E-state index < -0.39 is 0 Å². The third kappa shape index (κ3) is 6.37. The van der Waals surface area contributed by atoms with Gasteiger partial charge in [-0.25, -0.2) is 0 Å². The van der Waals surface area contributed by atoms with Crippen molar-refractivity contribution in [2.24, 2.45) is 10.7 Å². The molecule has 1 aliphatic heterocycles. The van der Waals surface area contributed by atoms with Crippen LogP contribution in [0, 0.1) is 0 Å². The fourth-order valence-corrected chi connectivity index (χ4v) is 3.41. The van der Waals surface area contributed by atoms with Gasteiger partial charge in [0.25, 0.3) is 0 Å². The van der Waals surface area contributed by atoms with Crippen molar-refractivity contribution in [1.82, 2.24) is 9.80 Å². The second-order valence-corrected chi connectivity index (χ2v) is 7.06. The van der Waals surface area contributed by atoms with E-state index in [1.807, 2.05) is 18.2 Å². The molecule has 7 nitrogen and oxygen atoms in total. The highest BCUT2D eigenvalue weighted by atomic mass is 16.5. The Morgan fingerprint density at radius 3 is 2.41 bits per heavy atom. The van der Waals surface area contributed by atoms with Crippen molar-refractivity contribution in [1.29, 1.82) is 0 Å². The number of guanidine groups is 1. The summed E-state index contributed by atoms with van der Waals surface area (Å²) in [5.74, 6) is 1.80. The molecule has 1 saturated heterocycles. The summed E-state index contributed by atoms with van der Waals surface area (Å²) in [5, 5.41) is 3.10. The van der Waals surface area contributed by atoms with Crippen molar-refractivity contribution in [3.05, 3.63) is 54.1 Å². The Labute approximate surface area is 173 Å². The van der Waals surface area contributed by atoms with Crippen molar-refractivity contribution in [3.8, 4) is 11.5 Å². The van der Waals surface area contributed by atoms with E-state index in [0.29, 0.717) is 18.3 Å². The Bertz CT molecular complexity index is 789. The number of nitrogens with zero attached hydrogens (tertiary/aromatic N) is 3. The molecule has 2 aromatic carbocycles. The number of nitrogens with one attached hydrogen (secondary N) is 1. The minimum atomic E-state index is 0.374. The normalized spacial score (nSPS) is 15.9. The number of hydrogen-bond acceptors (Lipinski definition) is 5. The van der Waals surface area contributed by atoms with Gasteiger partial charge in [-0.15, -0.1) is 0 Å². The van der Waals surface area contributed by atoms with Crippen LogP contribution in [0.4, 0.5) is 5.69 Å². The van der Waals surface area contributed by atoms with Crippen molar-refractivity contribution in [2.75, 3.05) is 58.8 Å².